The summed E-state index contributed by atoms with van der Waals surface area (Å²) in [4.78, 5) is 7.63. The van der Waals surface area contributed by atoms with Gasteiger partial charge in [0.1, 0.15) is 5.82 Å². The van der Waals surface area contributed by atoms with Crippen LogP contribution in [0, 0.1) is 5.82 Å². The van der Waals surface area contributed by atoms with E-state index < -0.39 is 0 Å². The molecule has 2 aromatic rings. The van der Waals surface area contributed by atoms with Crippen LogP contribution in [0.2, 0.25) is 0 Å². The summed E-state index contributed by atoms with van der Waals surface area (Å²) in [6.45, 7) is 7.98. The molecule has 0 amide bonds. The first-order valence-electron chi connectivity index (χ1n) is 9.18. The Kier molecular flexibility index (Phi) is 4.84. The molecule has 2 heterocycles. The maximum Gasteiger partial charge on any atom is 0.131 e. The van der Waals surface area contributed by atoms with Crippen molar-refractivity contribution in [2.75, 3.05) is 46.3 Å². The van der Waals surface area contributed by atoms with Crippen molar-refractivity contribution in [1.82, 2.24) is 14.7 Å². The molecule has 0 saturated carbocycles. The monoisotopic (exact) mass is 339 g/mol. The van der Waals surface area contributed by atoms with E-state index in [1.54, 1.807) is 6.07 Å². The lowest BCUT2D eigenvalue weighted by atomic mass is 10.0. The molecule has 25 heavy (non-hydrogen) atoms. The second-order valence-corrected chi connectivity index (χ2v) is 7.36. The largest absolute Gasteiger partial charge is 0.303 e. The predicted molar refractivity (Wildman–Crippen MR) is 100.0 cm³/mol. The van der Waals surface area contributed by atoms with Crippen molar-refractivity contribution < 1.29 is 4.39 Å². The molecule has 2 fully saturated rings. The van der Waals surface area contributed by atoms with Crippen molar-refractivity contribution in [2.45, 2.75) is 12.6 Å². The van der Waals surface area contributed by atoms with Gasteiger partial charge in [0.25, 0.3) is 0 Å². The van der Waals surface area contributed by atoms with E-state index in [4.69, 9.17) is 0 Å². The number of hydrogen-bond donors (Lipinski definition) is 0. The number of rotatable bonds is 3. The SMILES string of the molecule is CN1CCN2CCN(Cc3ccc(-c4ccccc4F)cc3)C[C@H]2C1. The minimum Gasteiger partial charge on any atom is -0.303 e. The normalized spacial score (nSPS) is 22.7. The minimum absolute atomic E-state index is 0.159. The lowest BCUT2D eigenvalue weighted by molar-refractivity contribution is 0.0175. The molecule has 1 atom stereocenters. The Labute approximate surface area is 149 Å². The zero-order valence-electron chi connectivity index (χ0n) is 14.9. The van der Waals surface area contributed by atoms with Crippen molar-refractivity contribution in [3.05, 3.63) is 59.9 Å². The van der Waals surface area contributed by atoms with Gasteiger partial charge in [0.15, 0.2) is 0 Å². The quantitative estimate of drug-likeness (QED) is 0.851. The number of fused-ring (bicyclic) bond motifs is 1. The third kappa shape index (κ3) is 3.76. The van der Waals surface area contributed by atoms with Gasteiger partial charge in [-0.3, -0.25) is 9.80 Å². The molecule has 0 radical (unpaired) electrons. The first-order chi connectivity index (χ1) is 12.2. The van der Waals surface area contributed by atoms with E-state index in [-0.39, 0.29) is 5.82 Å². The molecule has 0 spiro atoms. The van der Waals surface area contributed by atoms with E-state index >= 15 is 0 Å². The fourth-order valence-electron chi connectivity index (χ4n) is 4.06. The number of piperazine rings is 2. The number of benzene rings is 2. The maximum atomic E-state index is 13.9. The first-order valence-corrected chi connectivity index (χ1v) is 9.18. The van der Waals surface area contributed by atoms with Gasteiger partial charge in [-0.1, -0.05) is 42.5 Å². The average molecular weight is 339 g/mol. The topological polar surface area (TPSA) is 9.72 Å². The molecule has 132 valence electrons. The number of hydrogen-bond acceptors (Lipinski definition) is 3. The van der Waals surface area contributed by atoms with E-state index in [1.165, 1.54) is 37.8 Å². The van der Waals surface area contributed by atoms with Gasteiger partial charge in [-0.25, -0.2) is 4.39 Å². The van der Waals surface area contributed by atoms with Gasteiger partial charge in [0.05, 0.1) is 0 Å². The molecule has 2 aromatic carbocycles. The number of nitrogens with zero attached hydrogens (tertiary/aromatic N) is 3. The Bertz CT molecular complexity index is 715. The minimum atomic E-state index is -0.159. The van der Waals surface area contributed by atoms with Crippen LogP contribution >= 0.6 is 0 Å². The third-order valence-electron chi connectivity index (χ3n) is 5.53. The summed E-state index contributed by atoms with van der Waals surface area (Å²) in [7, 11) is 2.22. The van der Waals surface area contributed by atoms with E-state index in [9.17, 15) is 4.39 Å². The summed E-state index contributed by atoms with van der Waals surface area (Å²) in [5.74, 6) is -0.159. The Morgan fingerprint density at radius 2 is 1.68 bits per heavy atom. The van der Waals surface area contributed by atoms with Gasteiger partial charge < -0.3 is 4.90 Å². The zero-order valence-corrected chi connectivity index (χ0v) is 14.9. The van der Waals surface area contributed by atoms with Crippen LogP contribution in [-0.2, 0) is 6.54 Å². The van der Waals surface area contributed by atoms with Crippen LogP contribution in [-0.4, -0.2) is 67.1 Å². The standard InChI is InChI=1S/C21H26FN3/c1-23-10-12-25-13-11-24(16-19(25)15-23)14-17-6-8-18(9-7-17)20-4-2-3-5-21(20)22/h2-9,19H,10-16H2,1H3/t19-/m1/s1. The van der Waals surface area contributed by atoms with Crippen molar-refractivity contribution in [1.29, 1.82) is 0 Å². The van der Waals surface area contributed by atoms with E-state index in [0.29, 0.717) is 11.6 Å². The first kappa shape index (κ1) is 16.7. The Balaban J connectivity index is 1.41. The highest BCUT2D eigenvalue weighted by atomic mass is 19.1. The Hall–Kier alpha value is -1.75. The lowest BCUT2D eigenvalue weighted by Gasteiger charge is -2.46. The third-order valence-corrected chi connectivity index (χ3v) is 5.53. The summed E-state index contributed by atoms with van der Waals surface area (Å²) in [5.41, 5.74) is 2.92. The summed E-state index contributed by atoms with van der Waals surface area (Å²) in [6, 6.07) is 16.0. The molecule has 0 aliphatic carbocycles. The fraction of sp³-hybridized carbons (Fsp3) is 0.429. The van der Waals surface area contributed by atoms with Gasteiger partial charge in [0.2, 0.25) is 0 Å². The molecule has 0 aromatic heterocycles. The lowest BCUT2D eigenvalue weighted by Crippen LogP contribution is -2.60. The Morgan fingerprint density at radius 3 is 2.48 bits per heavy atom. The predicted octanol–water partition coefficient (Wildman–Crippen LogP) is 2.92. The van der Waals surface area contributed by atoms with Crippen LogP contribution in [0.1, 0.15) is 5.56 Å². The van der Waals surface area contributed by atoms with Crippen LogP contribution in [0.3, 0.4) is 0 Å². The highest BCUT2D eigenvalue weighted by molar-refractivity contribution is 5.64. The van der Waals surface area contributed by atoms with Crippen LogP contribution in [0.4, 0.5) is 4.39 Å². The summed E-state index contributed by atoms with van der Waals surface area (Å²) >= 11 is 0. The highest BCUT2D eigenvalue weighted by Crippen LogP contribution is 2.23. The van der Waals surface area contributed by atoms with Gasteiger partial charge >= 0.3 is 0 Å². The van der Waals surface area contributed by atoms with Crippen LogP contribution in [0.5, 0.6) is 0 Å². The van der Waals surface area contributed by atoms with Gasteiger partial charge in [-0.2, -0.15) is 0 Å². The molecular formula is C21H26FN3. The number of halogens is 1. The van der Waals surface area contributed by atoms with E-state index in [1.807, 2.05) is 24.3 Å². The molecule has 0 bridgehead atoms. The molecule has 2 aliphatic rings. The van der Waals surface area contributed by atoms with Gasteiger partial charge in [-0.05, 0) is 24.2 Å². The summed E-state index contributed by atoms with van der Waals surface area (Å²) < 4.78 is 13.9. The smallest absolute Gasteiger partial charge is 0.131 e. The molecule has 0 unspecified atom stereocenters. The molecule has 2 saturated heterocycles. The second-order valence-electron chi connectivity index (χ2n) is 7.36. The van der Waals surface area contributed by atoms with Crippen molar-refractivity contribution in [3.8, 4) is 11.1 Å². The van der Waals surface area contributed by atoms with Crippen molar-refractivity contribution in [2.24, 2.45) is 0 Å². The average Bonchev–Trinajstić information content (AvgIpc) is 2.63. The number of likely N-dealkylation sites (N-methyl/N-ethyl adjacent to an activating group) is 1. The van der Waals surface area contributed by atoms with Crippen molar-refractivity contribution in [3.63, 3.8) is 0 Å². The van der Waals surface area contributed by atoms with Crippen molar-refractivity contribution >= 4 is 0 Å². The molecule has 3 nitrogen and oxygen atoms in total. The Morgan fingerprint density at radius 1 is 0.920 bits per heavy atom. The highest BCUT2D eigenvalue weighted by Gasteiger charge is 2.30. The maximum absolute atomic E-state index is 13.9. The molecule has 2 aliphatic heterocycles. The zero-order chi connectivity index (χ0) is 17.2. The van der Waals surface area contributed by atoms with Gasteiger partial charge in [0, 0.05) is 57.4 Å². The van der Waals surface area contributed by atoms with Gasteiger partial charge in [-0.15, -0.1) is 0 Å². The summed E-state index contributed by atoms with van der Waals surface area (Å²) in [5, 5.41) is 0. The molecule has 0 N–H and O–H groups in total. The second kappa shape index (κ2) is 7.24. The summed E-state index contributed by atoms with van der Waals surface area (Å²) in [6.07, 6.45) is 0. The van der Waals surface area contributed by atoms with E-state index in [0.717, 1.165) is 25.2 Å². The fourth-order valence-corrected chi connectivity index (χ4v) is 4.06. The van der Waals surface area contributed by atoms with Crippen LogP contribution < -0.4 is 0 Å². The van der Waals surface area contributed by atoms with Crippen LogP contribution in [0.15, 0.2) is 48.5 Å². The molecular weight excluding hydrogens is 313 g/mol. The molecule has 4 rings (SSSR count). The van der Waals surface area contributed by atoms with Crippen LogP contribution in [0.25, 0.3) is 11.1 Å². The molecule has 4 heteroatoms. The van der Waals surface area contributed by atoms with E-state index in [2.05, 4.69) is 33.9 Å².